The number of benzene rings is 1. The molecule has 138 valence electrons. The molecule has 2 bridgehead atoms. The van der Waals surface area contributed by atoms with Gasteiger partial charge in [-0.2, -0.15) is 0 Å². The number of carbonyl (C=O) groups excluding carboxylic acids is 1. The molecule has 3 nitrogen and oxygen atoms in total. The molecule has 3 aliphatic carbocycles. The largest absolute Gasteiger partial charge is 0.381 e. The van der Waals surface area contributed by atoms with Crippen molar-refractivity contribution < 1.29 is 9.53 Å². The topological polar surface area (TPSA) is 29.5 Å². The molecule has 3 heteroatoms. The molecule has 1 amide bonds. The molecule has 4 rings (SSSR count). The van der Waals surface area contributed by atoms with Gasteiger partial charge in [-0.15, -0.1) is 0 Å². The molecule has 3 aliphatic rings. The number of nitrogens with zero attached hydrogens (tertiary/aromatic N) is 1. The molecule has 1 aromatic rings. The average Bonchev–Trinajstić information content (AvgIpc) is 2.63. The summed E-state index contributed by atoms with van der Waals surface area (Å²) >= 11 is 0. The van der Waals surface area contributed by atoms with E-state index in [1.807, 2.05) is 30.1 Å². The van der Waals surface area contributed by atoms with Crippen molar-refractivity contribution in [3.8, 4) is 0 Å². The maximum atomic E-state index is 12.2. The minimum atomic E-state index is 0.184. The van der Waals surface area contributed by atoms with Crippen molar-refractivity contribution >= 4 is 5.91 Å². The maximum absolute atomic E-state index is 12.2. The summed E-state index contributed by atoms with van der Waals surface area (Å²) in [5.41, 5.74) is 1.79. The minimum absolute atomic E-state index is 0.184. The van der Waals surface area contributed by atoms with Gasteiger partial charge in [-0.3, -0.25) is 4.79 Å². The summed E-state index contributed by atoms with van der Waals surface area (Å²) < 4.78 is 5.90. The number of ether oxygens (including phenoxy) is 1. The van der Waals surface area contributed by atoms with E-state index in [1.54, 1.807) is 0 Å². The van der Waals surface area contributed by atoms with Crippen LogP contribution >= 0.6 is 0 Å². The zero-order chi connectivity index (χ0) is 17.9. The lowest BCUT2D eigenvalue weighted by atomic mass is 9.46. The Morgan fingerprint density at radius 1 is 1.24 bits per heavy atom. The molecule has 0 unspecified atom stereocenters. The molecule has 0 radical (unpaired) electrons. The number of hydrogen-bond acceptors (Lipinski definition) is 2. The van der Waals surface area contributed by atoms with Gasteiger partial charge < -0.3 is 9.64 Å². The lowest BCUT2D eigenvalue weighted by Crippen LogP contribution is -2.53. The van der Waals surface area contributed by atoms with Gasteiger partial charge in [0.25, 0.3) is 0 Å². The quantitative estimate of drug-likeness (QED) is 0.663. The molecule has 0 N–H and O–H groups in total. The highest BCUT2D eigenvalue weighted by atomic mass is 16.5. The SMILES string of the molecule is CN(CCc1ccccc1)C(=O)CCOC[C@H]1CC[C@H]2C[C@@H]1C2(C)C. The number of fused-ring (bicyclic) bond motifs is 2. The number of amides is 1. The van der Waals surface area contributed by atoms with Crippen LogP contribution < -0.4 is 0 Å². The van der Waals surface area contributed by atoms with Crippen LogP contribution in [-0.2, 0) is 16.0 Å². The smallest absolute Gasteiger partial charge is 0.224 e. The summed E-state index contributed by atoms with van der Waals surface area (Å²) in [5, 5.41) is 0. The summed E-state index contributed by atoms with van der Waals surface area (Å²) in [6.07, 6.45) is 5.46. The van der Waals surface area contributed by atoms with E-state index in [0.717, 1.165) is 31.4 Å². The predicted molar refractivity (Wildman–Crippen MR) is 101 cm³/mol. The van der Waals surface area contributed by atoms with E-state index in [2.05, 4.69) is 26.0 Å². The van der Waals surface area contributed by atoms with E-state index in [0.29, 0.717) is 24.4 Å². The first-order valence-corrected chi connectivity index (χ1v) is 9.84. The van der Waals surface area contributed by atoms with Crippen molar-refractivity contribution in [3.05, 3.63) is 35.9 Å². The standard InChI is InChI=1S/C22H33NO2/c1-22(2)19-10-9-18(20(22)15-19)16-25-14-12-21(24)23(3)13-11-17-7-5-4-6-8-17/h4-8,18-20H,9-16H2,1-3H3/t18-,19+,20+/m1/s1. The van der Waals surface area contributed by atoms with Crippen LogP contribution in [0.25, 0.3) is 0 Å². The maximum Gasteiger partial charge on any atom is 0.224 e. The van der Waals surface area contributed by atoms with Crippen molar-refractivity contribution in [2.45, 2.75) is 46.0 Å². The third-order valence-corrected chi connectivity index (χ3v) is 6.80. The normalized spacial score (nSPS) is 26.8. The summed E-state index contributed by atoms with van der Waals surface area (Å²) in [5.74, 6) is 2.65. The predicted octanol–water partition coefficient (Wildman–Crippen LogP) is 4.17. The molecule has 3 fully saturated rings. The molecular weight excluding hydrogens is 310 g/mol. The Morgan fingerprint density at radius 3 is 2.68 bits per heavy atom. The summed E-state index contributed by atoms with van der Waals surface area (Å²) in [6.45, 7) is 7.00. The first-order chi connectivity index (χ1) is 12.0. The van der Waals surface area contributed by atoms with Gasteiger partial charge in [0.2, 0.25) is 5.91 Å². The van der Waals surface area contributed by atoms with Crippen LogP contribution in [0.15, 0.2) is 30.3 Å². The third kappa shape index (κ3) is 4.25. The van der Waals surface area contributed by atoms with Crippen molar-refractivity contribution in [3.63, 3.8) is 0 Å². The van der Waals surface area contributed by atoms with Crippen LogP contribution in [0.1, 0.15) is 45.1 Å². The van der Waals surface area contributed by atoms with Crippen LogP contribution in [0.5, 0.6) is 0 Å². The van der Waals surface area contributed by atoms with Crippen molar-refractivity contribution in [1.29, 1.82) is 0 Å². The summed E-state index contributed by atoms with van der Waals surface area (Å²) in [4.78, 5) is 14.1. The van der Waals surface area contributed by atoms with E-state index in [-0.39, 0.29) is 5.91 Å². The van der Waals surface area contributed by atoms with Crippen LogP contribution in [0.2, 0.25) is 0 Å². The highest BCUT2D eigenvalue weighted by Crippen LogP contribution is 2.61. The van der Waals surface area contributed by atoms with Gasteiger partial charge in [-0.1, -0.05) is 44.2 Å². The van der Waals surface area contributed by atoms with Crippen LogP contribution in [-0.4, -0.2) is 37.6 Å². The monoisotopic (exact) mass is 343 g/mol. The second-order valence-electron chi connectivity index (χ2n) is 8.57. The van der Waals surface area contributed by atoms with Crippen molar-refractivity contribution in [1.82, 2.24) is 4.90 Å². The fourth-order valence-electron chi connectivity index (χ4n) is 4.81. The molecular formula is C22H33NO2. The molecule has 25 heavy (non-hydrogen) atoms. The molecule has 0 aliphatic heterocycles. The van der Waals surface area contributed by atoms with Gasteiger partial charge >= 0.3 is 0 Å². The van der Waals surface area contributed by atoms with E-state index >= 15 is 0 Å². The van der Waals surface area contributed by atoms with E-state index in [9.17, 15) is 4.79 Å². The first-order valence-electron chi connectivity index (χ1n) is 9.84. The highest BCUT2D eigenvalue weighted by molar-refractivity contribution is 5.75. The number of hydrogen-bond donors (Lipinski definition) is 0. The van der Waals surface area contributed by atoms with Crippen LogP contribution in [0.4, 0.5) is 0 Å². The number of likely N-dealkylation sites (N-methyl/N-ethyl adjacent to an activating group) is 1. The van der Waals surface area contributed by atoms with Crippen molar-refractivity contribution in [2.75, 3.05) is 26.8 Å². The second-order valence-corrected chi connectivity index (χ2v) is 8.57. The van der Waals surface area contributed by atoms with Gasteiger partial charge in [-0.25, -0.2) is 0 Å². The first kappa shape index (κ1) is 18.4. The van der Waals surface area contributed by atoms with E-state index in [1.165, 1.54) is 24.8 Å². The molecule has 3 atom stereocenters. The van der Waals surface area contributed by atoms with Gasteiger partial charge in [-0.05, 0) is 54.4 Å². The van der Waals surface area contributed by atoms with Crippen LogP contribution in [0, 0.1) is 23.2 Å². The fraction of sp³-hybridized carbons (Fsp3) is 0.682. The molecule has 0 aromatic heterocycles. The van der Waals surface area contributed by atoms with Gasteiger partial charge in [0, 0.05) is 20.2 Å². The zero-order valence-corrected chi connectivity index (χ0v) is 16.0. The van der Waals surface area contributed by atoms with Gasteiger partial charge in [0.15, 0.2) is 0 Å². The van der Waals surface area contributed by atoms with Crippen LogP contribution in [0.3, 0.4) is 0 Å². The van der Waals surface area contributed by atoms with Gasteiger partial charge in [0.05, 0.1) is 13.0 Å². The lowest BCUT2D eigenvalue weighted by molar-refractivity contribution is -0.134. The molecule has 0 spiro atoms. The number of carbonyl (C=O) groups is 1. The third-order valence-electron chi connectivity index (χ3n) is 6.80. The molecule has 0 saturated heterocycles. The Balaban J connectivity index is 1.31. The van der Waals surface area contributed by atoms with Crippen molar-refractivity contribution in [2.24, 2.45) is 23.2 Å². The minimum Gasteiger partial charge on any atom is -0.381 e. The second kappa shape index (κ2) is 7.90. The Hall–Kier alpha value is -1.35. The van der Waals surface area contributed by atoms with E-state index in [4.69, 9.17) is 4.74 Å². The lowest BCUT2D eigenvalue weighted by Gasteiger charge is -2.60. The Labute approximate surface area is 152 Å². The highest BCUT2D eigenvalue weighted by Gasteiger charge is 2.53. The Kier molecular flexibility index (Phi) is 5.83. The Morgan fingerprint density at radius 2 is 2.00 bits per heavy atom. The summed E-state index contributed by atoms with van der Waals surface area (Å²) in [7, 11) is 1.89. The van der Waals surface area contributed by atoms with E-state index < -0.39 is 0 Å². The Bertz CT molecular complexity index is 567. The molecule has 1 aromatic carbocycles. The fourth-order valence-corrected chi connectivity index (χ4v) is 4.81. The zero-order valence-electron chi connectivity index (χ0n) is 16.0. The average molecular weight is 344 g/mol. The molecule has 3 saturated carbocycles. The molecule has 0 heterocycles. The van der Waals surface area contributed by atoms with Gasteiger partial charge in [0.1, 0.15) is 0 Å². The number of rotatable bonds is 8. The summed E-state index contributed by atoms with van der Waals surface area (Å²) in [6, 6.07) is 10.3.